The Balaban J connectivity index is 1.73. The number of pyridine rings is 1. The molecular formula is C20H20ClN3O. The van der Waals surface area contributed by atoms with E-state index in [2.05, 4.69) is 14.9 Å². The highest BCUT2D eigenvalue weighted by Crippen LogP contribution is 2.22. The van der Waals surface area contributed by atoms with Gasteiger partial charge in [-0.1, -0.05) is 17.7 Å². The molecule has 5 heteroatoms. The van der Waals surface area contributed by atoms with Gasteiger partial charge in [0.25, 0.3) is 5.91 Å². The summed E-state index contributed by atoms with van der Waals surface area (Å²) in [5.41, 5.74) is 4.72. The summed E-state index contributed by atoms with van der Waals surface area (Å²) in [6.07, 6.45) is 4.32. The predicted molar refractivity (Wildman–Crippen MR) is 101 cm³/mol. The van der Waals surface area contributed by atoms with Crippen molar-refractivity contribution in [2.75, 3.05) is 6.54 Å². The Labute approximate surface area is 152 Å². The van der Waals surface area contributed by atoms with Crippen molar-refractivity contribution in [1.82, 2.24) is 14.9 Å². The van der Waals surface area contributed by atoms with Gasteiger partial charge in [-0.15, -0.1) is 0 Å². The molecule has 1 N–H and O–H groups in total. The van der Waals surface area contributed by atoms with Gasteiger partial charge in [-0.05, 0) is 62.2 Å². The van der Waals surface area contributed by atoms with Gasteiger partial charge in [0.1, 0.15) is 0 Å². The minimum absolute atomic E-state index is 0.0581. The molecule has 0 aliphatic rings. The molecule has 0 fully saturated rings. The Morgan fingerprint density at radius 3 is 2.64 bits per heavy atom. The summed E-state index contributed by atoms with van der Waals surface area (Å²) in [5.74, 6) is -0.0581. The average molecular weight is 354 g/mol. The second-order valence-corrected chi connectivity index (χ2v) is 6.40. The van der Waals surface area contributed by atoms with E-state index in [9.17, 15) is 4.79 Å². The molecular weight excluding hydrogens is 334 g/mol. The van der Waals surface area contributed by atoms with E-state index in [1.54, 1.807) is 6.20 Å². The van der Waals surface area contributed by atoms with Crippen LogP contribution in [0.25, 0.3) is 5.69 Å². The van der Waals surface area contributed by atoms with E-state index in [0.29, 0.717) is 17.1 Å². The van der Waals surface area contributed by atoms with Crippen LogP contribution in [0.3, 0.4) is 0 Å². The summed E-state index contributed by atoms with van der Waals surface area (Å²) < 4.78 is 2.06. The number of halogens is 1. The molecule has 2 heterocycles. The van der Waals surface area contributed by atoms with Crippen molar-refractivity contribution < 1.29 is 4.79 Å². The zero-order valence-corrected chi connectivity index (χ0v) is 15.0. The number of carbonyl (C=O) groups excluding carboxylic acids is 1. The predicted octanol–water partition coefficient (Wildman–Crippen LogP) is 4.12. The van der Waals surface area contributed by atoms with Gasteiger partial charge in [0, 0.05) is 41.0 Å². The molecule has 0 spiro atoms. The molecule has 1 amide bonds. The highest BCUT2D eigenvalue weighted by Gasteiger charge is 2.16. The topological polar surface area (TPSA) is 46.9 Å². The quantitative estimate of drug-likeness (QED) is 0.750. The molecule has 128 valence electrons. The van der Waals surface area contributed by atoms with Crippen LogP contribution in [0.15, 0.2) is 54.9 Å². The Bertz CT molecular complexity index is 870. The molecule has 0 radical (unpaired) electrons. The Kier molecular flexibility index (Phi) is 5.19. The molecule has 0 atom stereocenters. The molecule has 3 aromatic rings. The van der Waals surface area contributed by atoms with E-state index in [0.717, 1.165) is 29.1 Å². The number of aryl methyl sites for hydroxylation is 1. The number of hydrogen-bond donors (Lipinski definition) is 1. The molecule has 4 nitrogen and oxygen atoms in total. The van der Waals surface area contributed by atoms with Gasteiger partial charge in [-0.25, -0.2) is 0 Å². The third-order valence-corrected chi connectivity index (χ3v) is 4.43. The first-order valence-electron chi connectivity index (χ1n) is 8.18. The molecule has 1 aromatic carbocycles. The smallest absolute Gasteiger partial charge is 0.253 e. The Morgan fingerprint density at radius 1 is 1.20 bits per heavy atom. The molecule has 0 aliphatic carbocycles. The summed E-state index contributed by atoms with van der Waals surface area (Å²) in [6.45, 7) is 4.53. The van der Waals surface area contributed by atoms with Crippen LogP contribution < -0.4 is 5.32 Å². The van der Waals surface area contributed by atoms with Gasteiger partial charge in [-0.3, -0.25) is 9.78 Å². The summed E-state index contributed by atoms with van der Waals surface area (Å²) >= 11 is 5.96. The fourth-order valence-electron chi connectivity index (χ4n) is 2.94. The first-order valence-corrected chi connectivity index (χ1v) is 8.56. The van der Waals surface area contributed by atoms with E-state index >= 15 is 0 Å². The molecule has 0 saturated carbocycles. The van der Waals surface area contributed by atoms with Crippen molar-refractivity contribution in [3.05, 3.63) is 82.4 Å². The van der Waals surface area contributed by atoms with E-state index in [4.69, 9.17) is 11.6 Å². The number of aromatic nitrogens is 2. The summed E-state index contributed by atoms with van der Waals surface area (Å²) in [5, 5.41) is 3.68. The van der Waals surface area contributed by atoms with Crippen LogP contribution in [-0.2, 0) is 6.42 Å². The van der Waals surface area contributed by atoms with Gasteiger partial charge in [0.2, 0.25) is 0 Å². The fourth-order valence-corrected chi connectivity index (χ4v) is 3.07. The van der Waals surface area contributed by atoms with E-state index in [1.807, 2.05) is 62.5 Å². The minimum atomic E-state index is -0.0581. The molecule has 2 aromatic heterocycles. The zero-order chi connectivity index (χ0) is 17.8. The van der Waals surface area contributed by atoms with Crippen LogP contribution in [-0.4, -0.2) is 22.0 Å². The summed E-state index contributed by atoms with van der Waals surface area (Å²) in [7, 11) is 0. The lowest BCUT2D eigenvalue weighted by atomic mass is 10.2. The molecule has 3 rings (SSSR count). The maximum atomic E-state index is 12.5. The SMILES string of the molecule is Cc1cc(C(=O)NCCc2cccnc2)c(C)n1-c1ccc(Cl)cc1. The van der Waals surface area contributed by atoms with E-state index in [1.165, 1.54) is 0 Å². The van der Waals surface area contributed by atoms with E-state index < -0.39 is 0 Å². The van der Waals surface area contributed by atoms with Crippen molar-refractivity contribution in [2.24, 2.45) is 0 Å². The van der Waals surface area contributed by atoms with Gasteiger partial charge >= 0.3 is 0 Å². The number of hydrogen-bond acceptors (Lipinski definition) is 2. The van der Waals surface area contributed by atoms with Gasteiger partial charge in [0.05, 0.1) is 5.56 Å². The molecule has 25 heavy (non-hydrogen) atoms. The molecule has 0 aliphatic heterocycles. The van der Waals surface area contributed by atoms with Crippen molar-refractivity contribution in [1.29, 1.82) is 0 Å². The average Bonchev–Trinajstić information content (AvgIpc) is 2.91. The van der Waals surface area contributed by atoms with E-state index in [-0.39, 0.29) is 5.91 Å². The maximum Gasteiger partial charge on any atom is 0.253 e. The van der Waals surface area contributed by atoms with Crippen molar-refractivity contribution >= 4 is 17.5 Å². The van der Waals surface area contributed by atoms with Crippen molar-refractivity contribution in [2.45, 2.75) is 20.3 Å². The highest BCUT2D eigenvalue weighted by atomic mass is 35.5. The monoisotopic (exact) mass is 353 g/mol. The second kappa shape index (κ2) is 7.53. The fraction of sp³-hybridized carbons (Fsp3) is 0.200. The second-order valence-electron chi connectivity index (χ2n) is 5.96. The minimum Gasteiger partial charge on any atom is -0.352 e. The Hall–Kier alpha value is -2.59. The third-order valence-electron chi connectivity index (χ3n) is 4.18. The van der Waals surface area contributed by atoms with Crippen molar-refractivity contribution in [3.8, 4) is 5.69 Å². The normalized spacial score (nSPS) is 10.7. The standard InChI is InChI=1S/C20H20ClN3O/c1-14-12-19(15(2)24(14)18-7-5-17(21)6-8-18)20(25)23-11-9-16-4-3-10-22-13-16/h3-8,10,12-13H,9,11H2,1-2H3,(H,23,25). The molecule has 0 bridgehead atoms. The Morgan fingerprint density at radius 2 is 1.96 bits per heavy atom. The van der Waals surface area contributed by atoms with Gasteiger partial charge in [0.15, 0.2) is 0 Å². The third kappa shape index (κ3) is 3.91. The first-order chi connectivity index (χ1) is 12.1. The number of carbonyl (C=O) groups is 1. The van der Waals surface area contributed by atoms with Crippen LogP contribution in [0.5, 0.6) is 0 Å². The van der Waals surface area contributed by atoms with Gasteiger partial charge in [-0.2, -0.15) is 0 Å². The molecule has 0 unspecified atom stereocenters. The van der Waals surface area contributed by atoms with Crippen LogP contribution in [0, 0.1) is 13.8 Å². The lowest BCUT2D eigenvalue weighted by molar-refractivity contribution is 0.0953. The van der Waals surface area contributed by atoms with Crippen LogP contribution in [0.2, 0.25) is 5.02 Å². The van der Waals surface area contributed by atoms with Crippen LogP contribution in [0.4, 0.5) is 0 Å². The lowest BCUT2D eigenvalue weighted by Gasteiger charge is -2.10. The number of nitrogens with one attached hydrogen (secondary N) is 1. The van der Waals surface area contributed by atoms with Crippen molar-refractivity contribution in [3.63, 3.8) is 0 Å². The maximum absolute atomic E-state index is 12.5. The number of benzene rings is 1. The lowest BCUT2D eigenvalue weighted by Crippen LogP contribution is -2.26. The number of amides is 1. The summed E-state index contributed by atoms with van der Waals surface area (Å²) in [6, 6.07) is 13.4. The first kappa shape index (κ1) is 17.2. The molecule has 0 saturated heterocycles. The zero-order valence-electron chi connectivity index (χ0n) is 14.3. The summed E-state index contributed by atoms with van der Waals surface area (Å²) in [4.78, 5) is 16.6. The van der Waals surface area contributed by atoms with Gasteiger partial charge < -0.3 is 9.88 Å². The largest absolute Gasteiger partial charge is 0.352 e. The van der Waals surface area contributed by atoms with Crippen LogP contribution >= 0.6 is 11.6 Å². The van der Waals surface area contributed by atoms with Crippen LogP contribution in [0.1, 0.15) is 27.3 Å². The highest BCUT2D eigenvalue weighted by molar-refractivity contribution is 6.30. The number of rotatable bonds is 5. The number of nitrogens with zero attached hydrogens (tertiary/aromatic N) is 2.